The smallest absolute Gasteiger partial charge is 0.245 e. The van der Waals surface area contributed by atoms with Crippen molar-refractivity contribution in [1.82, 2.24) is 4.31 Å². The summed E-state index contributed by atoms with van der Waals surface area (Å²) in [4.78, 5) is 12.5. The predicted octanol–water partition coefficient (Wildman–Crippen LogP) is 5.52. The summed E-state index contributed by atoms with van der Waals surface area (Å²) >= 11 is 18.1. The molecule has 0 heterocycles. The van der Waals surface area contributed by atoms with E-state index in [4.69, 9.17) is 34.8 Å². The standard InChI is InChI=1S/C22H19Cl3N2O3S/c23-17-7-4-8-19(13-17)26-22(28)15-27(12-11-16-5-2-1-3-6-16)31(29,30)21-14-18(24)9-10-20(21)25/h1-10,13-14H,11-12,15H2,(H,26,28). The number of amides is 1. The van der Waals surface area contributed by atoms with Gasteiger partial charge in [-0.1, -0.05) is 71.2 Å². The highest BCUT2D eigenvalue weighted by Crippen LogP contribution is 2.28. The maximum absolute atomic E-state index is 13.4. The van der Waals surface area contributed by atoms with Gasteiger partial charge in [-0.15, -0.1) is 0 Å². The summed E-state index contributed by atoms with van der Waals surface area (Å²) in [5.74, 6) is -0.503. The van der Waals surface area contributed by atoms with Crippen LogP contribution in [0.1, 0.15) is 5.56 Å². The van der Waals surface area contributed by atoms with Crippen molar-refractivity contribution in [2.45, 2.75) is 11.3 Å². The first kappa shape index (κ1) is 23.6. The van der Waals surface area contributed by atoms with Crippen LogP contribution < -0.4 is 5.32 Å². The number of carbonyl (C=O) groups is 1. The fourth-order valence-electron chi connectivity index (χ4n) is 2.92. The van der Waals surface area contributed by atoms with E-state index in [-0.39, 0.29) is 21.5 Å². The fraction of sp³-hybridized carbons (Fsp3) is 0.136. The minimum Gasteiger partial charge on any atom is -0.325 e. The van der Waals surface area contributed by atoms with Crippen molar-refractivity contribution in [2.75, 3.05) is 18.4 Å². The van der Waals surface area contributed by atoms with Crippen LogP contribution in [0.15, 0.2) is 77.7 Å². The molecule has 0 bridgehead atoms. The van der Waals surface area contributed by atoms with Crippen LogP contribution >= 0.6 is 34.8 Å². The van der Waals surface area contributed by atoms with E-state index in [1.807, 2.05) is 30.3 Å². The zero-order valence-corrected chi connectivity index (χ0v) is 19.3. The Hall–Kier alpha value is -2.09. The van der Waals surface area contributed by atoms with Crippen LogP contribution in [-0.4, -0.2) is 31.7 Å². The Labute approximate surface area is 196 Å². The van der Waals surface area contributed by atoms with Gasteiger partial charge in [-0.25, -0.2) is 8.42 Å². The van der Waals surface area contributed by atoms with Crippen molar-refractivity contribution in [2.24, 2.45) is 0 Å². The minimum atomic E-state index is -4.09. The number of rotatable bonds is 8. The Morgan fingerprint density at radius 2 is 1.58 bits per heavy atom. The molecule has 0 atom stereocenters. The summed E-state index contributed by atoms with van der Waals surface area (Å²) in [5, 5.41) is 3.39. The topological polar surface area (TPSA) is 66.5 Å². The number of nitrogens with zero attached hydrogens (tertiary/aromatic N) is 1. The van der Waals surface area contributed by atoms with Crippen molar-refractivity contribution >= 4 is 56.4 Å². The Morgan fingerprint density at radius 1 is 0.871 bits per heavy atom. The number of carbonyl (C=O) groups excluding carboxylic acids is 1. The Balaban J connectivity index is 1.86. The molecule has 0 spiro atoms. The Kier molecular flexibility index (Phi) is 7.97. The number of hydrogen-bond acceptors (Lipinski definition) is 3. The lowest BCUT2D eigenvalue weighted by molar-refractivity contribution is -0.116. The average molecular weight is 498 g/mol. The second-order valence-corrected chi connectivity index (χ2v) is 9.89. The van der Waals surface area contributed by atoms with Crippen molar-refractivity contribution in [3.05, 3.63) is 93.4 Å². The van der Waals surface area contributed by atoms with Crippen LogP contribution in [0.25, 0.3) is 0 Å². The van der Waals surface area contributed by atoms with Gasteiger partial charge < -0.3 is 5.32 Å². The van der Waals surface area contributed by atoms with E-state index in [9.17, 15) is 13.2 Å². The fourth-order valence-corrected chi connectivity index (χ4v) is 5.25. The molecule has 0 aliphatic carbocycles. The number of halogens is 3. The van der Waals surface area contributed by atoms with Gasteiger partial charge in [0.2, 0.25) is 15.9 Å². The zero-order valence-electron chi connectivity index (χ0n) is 16.3. The van der Waals surface area contributed by atoms with E-state index in [0.29, 0.717) is 17.1 Å². The van der Waals surface area contributed by atoms with Crippen LogP contribution in [0.3, 0.4) is 0 Å². The lowest BCUT2D eigenvalue weighted by Crippen LogP contribution is -2.39. The van der Waals surface area contributed by atoms with Gasteiger partial charge in [0.25, 0.3) is 0 Å². The maximum Gasteiger partial charge on any atom is 0.245 e. The summed E-state index contributed by atoms with van der Waals surface area (Å²) in [6, 6.07) is 20.2. The molecule has 9 heteroatoms. The minimum absolute atomic E-state index is 0.0318. The molecule has 0 aromatic heterocycles. The van der Waals surface area contributed by atoms with Gasteiger partial charge >= 0.3 is 0 Å². The van der Waals surface area contributed by atoms with Crippen LogP contribution in [0.4, 0.5) is 5.69 Å². The highest BCUT2D eigenvalue weighted by Gasteiger charge is 2.29. The van der Waals surface area contributed by atoms with E-state index in [2.05, 4.69) is 5.32 Å². The molecule has 1 amide bonds. The van der Waals surface area contributed by atoms with Crippen molar-refractivity contribution < 1.29 is 13.2 Å². The number of hydrogen-bond donors (Lipinski definition) is 1. The predicted molar refractivity (Wildman–Crippen MR) is 125 cm³/mol. The maximum atomic E-state index is 13.4. The first-order valence-corrected chi connectivity index (χ1v) is 11.9. The molecule has 0 fully saturated rings. The normalized spacial score (nSPS) is 11.5. The molecular formula is C22H19Cl3N2O3S. The van der Waals surface area contributed by atoms with E-state index in [0.717, 1.165) is 9.87 Å². The van der Waals surface area contributed by atoms with Gasteiger partial charge in [0.1, 0.15) is 4.90 Å². The van der Waals surface area contributed by atoms with Crippen LogP contribution in [0.5, 0.6) is 0 Å². The van der Waals surface area contributed by atoms with Crippen molar-refractivity contribution in [3.63, 3.8) is 0 Å². The summed E-state index contributed by atoms with van der Waals surface area (Å²) in [6.07, 6.45) is 0.419. The third kappa shape index (κ3) is 6.45. The number of nitrogens with one attached hydrogen (secondary N) is 1. The van der Waals surface area contributed by atoms with E-state index in [1.54, 1.807) is 24.3 Å². The van der Waals surface area contributed by atoms with Gasteiger partial charge in [-0.05, 0) is 48.4 Å². The van der Waals surface area contributed by atoms with Gasteiger partial charge in [0.05, 0.1) is 11.6 Å². The number of benzene rings is 3. The monoisotopic (exact) mass is 496 g/mol. The summed E-state index contributed by atoms with van der Waals surface area (Å²) in [7, 11) is -4.09. The lowest BCUT2D eigenvalue weighted by atomic mass is 10.1. The average Bonchev–Trinajstić information content (AvgIpc) is 2.73. The molecule has 5 nitrogen and oxygen atoms in total. The first-order chi connectivity index (χ1) is 14.8. The summed E-state index contributed by atoms with van der Waals surface area (Å²) in [6.45, 7) is -0.317. The Bertz CT molecular complexity index is 1170. The van der Waals surface area contributed by atoms with Gasteiger partial charge in [0.15, 0.2) is 0 Å². The van der Waals surface area contributed by atoms with E-state index >= 15 is 0 Å². The first-order valence-electron chi connectivity index (χ1n) is 9.30. The molecule has 3 aromatic rings. The SMILES string of the molecule is O=C(CN(CCc1ccccc1)S(=O)(=O)c1cc(Cl)ccc1Cl)Nc1cccc(Cl)c1. The third-order valence-electron chi connectivity index (χ3n) is 4.43. The molecule has 162 valence electrons. The molecule has 3 aromatic carbocycles. The van der Waals surface area contributed by atoms with Crippen molar-refractivity contribution in [3.8, 4) is 0 Å². The second-order valence-electron chi connectivity index (χ2n) is 6.71. The molecule has 0 radical (unpaired) electrons. The van der Waals surface area contributed by atoms with Gasteiger partial charge in [0, 0.05) is 22.3 Å². The van der Waals surface area contributed by atoms with Crippen molar-refractivity contribution in [1.29, 1.82) is 0 Å². The molecule has 0 saturated carbocycles. The van der Waals surface area contributed by atoms with Crippen LogP contribution in [-0.2, 0) is 21.2 Å². The third-order valence-corrected chi connectivity index (χ3v) is 7.23. The van der Waals surface area contributed by atoms with E-state index in [1.165, 1.54) is 18.2 Å². The molecular weight excluding hydrogens is 479 g/mol. The molecule has 3 rings (SSSR count). The van der Waals surface area contributed by atoms with Crippen LogP contribution in [0, 0.1) is 0 Å². The summed E-state index contributed by atoms with van der Waals surface area (Å²) in [5.41, 5.74) is 1.41. The largest absolute Gasteiger partial charge is 0.325 e. The molecule has 0 saturated heterocycles. The Morgan fingerprint density at radius 3 is 2.29 bits per heavy atom. The zero-order chi connectivity index (χ0) is 22.4. The molecule has 0 unspecified atom stereocenters. The molecule has 0 aliphatic heterocycles. The van der Waals surface area contributed by atoms with E-state index < -0.39 is 22.5 Å². The van der Waals surface area contributed by atoms with Gasteiger partial charge in [-0.2, -0.15) is 4.31 Å². The number of anilines is 1. The molecule has 0 aliphatic rings. The second kappa shape index (κ2) is 10.5. The summed E-state index contributed by atoms with van der Waals surface area (Å²) < 4.78 is 27.8. The molecule has 1 N–H and O–H groups in total. The lowest BCUT2D eigenvalue weighted by Gasteiger charge is -2.22. The molecule has 31 heavy (non-hydrogen) atoms. The highest BCUT2D eigenvalue weighted by molar-refractivity contribution is 7.89. The number of sulfonamides is 1. The highest BCUT2D eigenvalue weighted by atomic mass is 35.5. The van der Waals surface area contributed by atoms with Crippen LogP contribution in [0.2, 0.25) is 15.1 Å². The quantitative estimate of drug-likeness (QED) is 0.446. The van der Waals surface area contributed by atoms with Gasteiger partial charge in [-0.3, -0.25) is 4.79 Å².